The predicted molar refractivity (Wildman–Crippen MR) is 178 cm³/mol. The van der Waals surface area contributed by atoms with E-state index in [4.69, 9.17) is 35.6 Å². The van der Waals surface area contributed by atoms with E-state index in [0.717, 1.165) is 44.3 Å². The number of hydrogen-bond acceptors (Lipinski definition) is 9. The summed E-state index contributed by atoms with van der Waals surface area (Å²) < 4.78 is 51.0. The van der Waals surface area contributed by atoms with E-state index in [1.807, 2.05) is 13.0 Å². The third-order valence-corrected chi connectivity index (χ3v) is 11.3. The molecule has 2 aromatic carbocycles. The van der Waals surface area contributed by atoms with Gasteiger partial charge < -0.3 is 24.4 Å². The molecule has 2 unspecified atom stereocenters. The van der Waals surface area contributed by atoms with Crippen molar-refractivity contribution in [2.75, 3.05) is 38.3 Å². The zero-order chi connectivity index (χ0) is 32.9. The summed E-state index contributed by atoms with van der Waals surface area (Å²) in [4.78, 5) is 19.1. The van der Waals surface area contributed by atoms with Crippen molar-refractivity contribution < 1.29 is 23.0 Å². The van der Waals surface area contributed by atoms with Gasteiger partial charge in [-0.25, -0.2) is 13.8 Å². The van der Waals surface area contributed by atoms with Crippen LogP contribution in [0.2, 0.25) is 0 Å². The van der Waals surface area contributed by atoms with Crippen molar-refractivity contribution in [1.82, 2.24) is 25.2 Å². The summed E-state index contributed by atoms with van der Waals surface area (Å²) in [5.41, 5.74) is 1.08. The molecule has 4 fully saturated rings. The minimum atomic E-state index is -0.680. The normalized spacial score (nSPS) is 29.1. The van der Waals surface area contributed by atoms with E-state index in [0.29, 0.717) is 34.1 Å². The molecule has 0 saturated carbocycles. The van der Waals surface area contributed by atoms with Crippen LogP contribution in [0.3, 0.4) is 0 Å². The highest BCUT2D eigenvalue weighted by atomic mass is 19.1. The Balaban J connectivity index is 1.24. The lowest BCUT2D eigenvalue weighted by atomic mass is 9.90. The Labute approximate surface area is 277 Å². The lowest BCUT2D eigenvalue weighted by Crippen LogP contribution is -2.62. The van der Waals surface area contributed by atoms with Gasteiger partial charge in [0.05, 0.1) is 23.2 Å². The SMILES string of the molecule is C#Cc1c(F)ccc2cccc(-c3nc4c5c(nc(OCC67CC(OC)CN6CCC7=C)nc5c3F)N3C[C@H]5CC[C@H](N5)[C@H]3[C@H](C)O4)c12. The fourth-order valence-electron chi connectivity index (χ4n) is 8.99. The Morgan fingerprint density at radius 3 is 2.85 bits per heavy atom. The number of piperazine rings is 1. The third kappa shape index (κ3) is 4.22. The van der Waals surface area contributed by atoms with E-state index in [2.05, 4.69) is 27.6 Å². The van der Waals surface area contributed by atoms with Crippen LogP contribution >= 0.6 is 0 Å². The first-order valence-corrected chi connectivity index (χ1v) is 16.7. The molecule has 2 bridgehead atoms. The average Bonchev–Trinajstić information content (AvgIpc) is 3.73. The van der Waals surface area contributed by atoms with Crippen LogP contribution in [0.15, 0.2) is 42.5 Å². The van der Waals surface area contributed by atoms with Gasteiger partial charge in [0.2, 0.25) is 5.88 Å². The molecule has 11 heteroatoms. The van der Waals surface area contributed by atoms with Crippen LogP contribution in [-0.4, -0.2) is 89.1 Å². The minimum absolute atomic E-state index is 0.0276. The van der Waals surface area contributed by atoms with Gasteiger partial charge >= 0.3 is 6.01 Å². The lowest BCUT2D eigenvalue weighted by molar-refractivity contribution is 0.107. The van der Waals surface area contributed by atoms with Crippen molar-refractivity contribution in [3.63, 3.8) is 0 Å². The monoisotopic (exact) mass is 650 g/mol. The molecule has 0 aliphatic carbocycles. The fraction of sp³-hybridized carbons (Fsp3) is 0.432. The third-order valence-electron chi connectivity index (χ3n) is 11.3. The second-order valence-corrected chi connectivity index (χ2v) is 13.8. The standard InChI is InChI=1S/C37H36F2N6O3/c1-5-24-26(38)11-9-21-7-6-8-25(28(21)24)31-30(39)32-29-34(45-16-22-10-12-27(40-22)33(45)20(3)48-35(29)41-31)43-36(42-32)47-18-37-15-23(46-4)17-44(37)14-13-19(37)2/h1,6-9,11,20,22-23,27,33,40H,2,10,12-18H2,3-4H3/t20-,22+,23?,27-,33+,37?/m0/s1. The number of halogens is 2. The molecule has 0 radical (unpaired) electrons. The van der Waals surface area contributed by atoms with Gasteiger partial charge in [0, 0.05) is 56.2 Å². The number of nitrogens with one attached hydrogen (secondary N) is 1. The van der Waals surface area contributed by atoms with Crippen LogP contribution in [0, 0.1) is 24.0 Å². The van der Waals surface area contributed by atoms with Crippen LogP contribution in [0.1, 0.15) is 38.2 Å². The summed E-state index contributed by atoms with van der Waals surface area (Å²) in [6.07, 6.45) is 9.21. The minimum Gasteiger partial charge on any atom is -0.472 e. The van der Waals surface area contributed by atoms with Gasteiger partial charge in [0.1, 0.15) is 40.9 Å². The first-order chi connectivity index (χ1) is 23.3. The number of pyridine rings is 1. The Hall–Kier alpha value is -4.37. The maximum atomic E-state index is 17.2. The van der Waals surface area contributed by atoms with Crippen molar-refractivity contribution in [2.24, 2.45) is 0 Å². The number of nitrogens with zero attached hydrogens (tertiary/aromatic N) is 5. The Morgan fingerprint density at radius 2 is 2.02 bits per heavy atom. The van der Waals surface area contributed by atoms with E-state index in [1.165, 1.54) is 6.07 Å². The Bertz CT molecular complexity index is 2070. The molecule has 9 nitrogen and oxygen atoms in total. The van der Waals surface area contributed by atoms with Crippen LogP contribution in [0.5, 0.6) is 11.9 Å². The summed E-state index contributed by atoms with van der Waals surface area (Å²) in [6.45, 7) is 9.03. The Kier molecular flexibility index (Phi) is 6.71. The van der Waals surface area contributed by atoms with E-state index in [9.17, 15) is 0 Å². The molecule has 1 N–H and O–H groups in total. The number of fused-ring (bicyclic) bond motifs is 7. The van der Waals surface area contributed by atoms with Crippen molar-refractivity contribution in [2.45, 2.75) is 68.5 Å². The number of aromatic nitrogens is 3. The van der Waals surface area contributed by atoms with Gasteiger partial charge in [-0.1, -0.05) is 42.3 Å². The van der Waals surface area contributed by atoms with Crippen LogP contribution in [0.4, 0.5) is 14.6 Å². The number of ether oxygens (including phenoxy) is 3. The number of anilines is 1. The fourth-order valence-corrected chi connectivity index (χ4v) is 8.99. The van der Waals surface area contributed by atoms with Crippen LogP contribution < -0.4 is 19.7 Å². The molecule has 4 saturated heterocycles. The maximum Gasteiger partial charge on any atom is 0.319 e. The Morgan fingerprint density at radius 1 is 1.15 bits per heavy atom. The van der Waals surface area contributed by atoms with E-state index < -0.39 is 17.2 Å². The van der Waals surface area contributed by atoms with Gasteiger partial charge in [-0.15, -0.1) is 6.42 Å². The second kappa shape index (κ2) is 10.8. The molecule has 9 rings (SSSR count). The van der Waals surface area contributed by atoms with E-state index in [-0.39, 0.29) is 65.6 Å². The van der Waals surface area contributed by atoms with Crippen LogP contribution in [0.25, 0.3) is 32.9 Å². The molecular formula is C37H36F2N6O3. The molecule has 48 heavy (non-hydrogen) atoms. The summed E-state index contributed by atoms with van der Waals surface area (Å²) in [5.74, 6) is 1.99. The van der Waals surface area contributed by atoms with Gasteiger partial charge in [-0.3, -0.25) is 4.90 Å². The number of terminal acetylenes is 1. The summed E-state index contributed by atoms with van der Waals surface area (Å²) >= 11 is 0. The number of rotatable bonds is 5. The second-order valence-electron chi connectivity index (χ2n) is 13.8. The topological polar surface area (TPSA) is 84.9 Å². The van der Waals surface area contributed by atoms with Gasteiger partial charge in [-0.05, 0) is 37.6 Å². The van der Waals surface area contributed by atoms with Gasteiger partial charge in [-0.2, -0.15) is 9.97 Å². The number of hydrogen-bond donors (Lipinski definition) is 1. The first kappa shape index (κ1) is 29.7. The van der Waals surface area contributed by atoms with Crippen molar-refractivity contribution in [3.8, 4) is 35.5 Å². The number of benzene rings is 2. The smallest absolute Gasteiger partial charge is 0.319 e. The first-order valence-electron chi connectivity index (χ1n) is 16.7. The quantitative estimate of drug-likeness (QED) is 0.237. The van der Waals surface area contributed by atoms with E-state index in [1.54, 1.807) is 25.3 Å². The highest BCUT2D eigenvalue weighted by Crippen LogP contribution is 2.46. The van der Waals surface area contributed by atoms with Crippen molar-refractivity contribution in [1.29, 1.82) is 0 Å². The van der Waals surface area contributed by atoms with Gasteiger partial charge in [0.15, 0.2) is 5.82 Å². The summed E-state index contributed by atoms with van der Waals surface area (Å²) in [5, 5.41) is 5.20. The summed E-state index contributed by atoms with van der Waals surface area (Å²) in [6, 6.07) is 8.69. The van der Waals surface area contributed by atoms with Crippen molar-refractivity contribution >= 4 is 27.5 Å². The molecule has 2 aromatic heterocycles. The maximum absolute atomic E-state index is 17.2. The van der Waals surface area contributed by atoms with Gasteiger partial charge in [0.25, 0.3) is 0 Å². The molecular weight excluding hydrogens is 614 g/mol. The highest BCUT2D eigenvalue weighted by molar-refractivity contribution is 6.03. The van der Waals surface area contributed by atoms with Crippen LogP contribution in [-0.2, 0) is 4.74 Å². The lowest BCUT2D eigenvalue weighted by Gasteiger charge is -2.42. The predicted octanol–water partition coefficient (Wildman–Crippen LogP) is 4.99. The zero-order valence-corrected chi connectivity index (χ0v) is 26.9. The van der Waals surface area contributed by atoms with E-state index >= 15 is 8.78 Å². The molecule has 5 aliphatic heterocycles. The molecule has 5 aliphatic rings. The number of methoxy groups -OCH3 is 1. The van der Waals surface area contributed by atoms with Crippen molar-refractivity contribution in [3.05, 3.63) is 59.7 Å². The average molecular weight is 651 g/mol. The molecule has 7 heterocycles. The largest absolute Gasteiger partial charge is 0.472 e. The summed E-state index contributed by atoms with van der Waals surface area (Å²) in [7, 11) is 1.73. The molecule has 0 amide bonds. The zero-order valence-electron chi connectivity index (χ0n) is 26.9. The highest BCUT2D eigenvalue weighted by Gasteiger charge is 2.52. The molecule has 6 atom stereocenters. The molecule has 0 spiro atoms. The molecule has 246 valence electrons. The molecule has 4 aromatic rings.